The summed E-state index contributed by atoms with van der Waals surface area (Å²) in [7, 11) is 0. The van der Waals surface area contributed by atoms with Gasteiger partial charge in [0.2, 0.25) is 0 Å². The van der Waals surface area contributed by atoms with Crippen LogP contribution in [0, 0.1) is 5.92 Å². The van der Waals surface area contributed by atoms with Crippen LogP contribution in [0.4, 0.5) is 0 Å². The van der Waals surface area contributed by atoms with E-state index >= 15 is 0 Å². The van der Waals surface area contributed by atoms with Gasteiger partial charge in [-0.25, -0.2) is 0 Å². The Hall–Kier alpha value is -1.24. The third-order valence-corrected chi connectivity index (χ3v) is 5.48. The first-order valence-electron chi connectivity index (χ1n) is 10.8. The largest absolute Gasteiger partial charge is 0.494 e. The summed E-state index contributed by atoms with van der Waals surface area (Å²) in [6.07, 6.45) is 18.5. The van der Waals surface area contributed by atoms with Gasteiger partial charge in [0.05, 0.1) is 6.61 Å². The molecule has 1 nitrogen and oxygen atoms in total. The number of hydrogen-bond donors (Lipinski definition) is 0. The van der Waals surface area contributed by atoms with Crippen molar-refractivity contribution in [2.24, 2.45) is 5.92 Å². The van der Waals surface area contributed by atoms with Gasteiger partial charge in [-0.3, -0.25) is 0 Å². The molecule has 0 saturated carbocycles. The normalized spacial score (nSPS) is 17.4. The molecule has 0 saturated heterocycles. The number of hydrogen-bond acceptors (Lipinski definition) is 1. The molecule has 0 radical (unpaired) electrons. The van der Waals surface area contributed by atoms with E-state index in [0.717, 1.165) is 24.7 Å². The molecule has 0 amide bonds. The quantitative estimate of drug-likeness (QED) is 0.352. The second-order valence-corrected chi connectivity index (χ2v) is 7.65. The lowest BCUT2D eigenvalue weighted by atomic mass is 9.84. The minimum atomic E-state index is 0.843. The summed E-state index contributed by atoms with van der Waals surface area (Å²) >= 11 is 0. The van der Waals surface area contributed by atoms with Crippen LogP contribution in [0.15, 0.2) is 30.3 Å². The van der Waals surface area contributed by atoms with Crippen LogP contribution in [0.2, 0.25) is 0 Å². The van der Waals surface area contributed by atoms with Crippen LogP contribution in [0.5, 0.6) is 5.75 Å². The van der Waals surface area contributed by atoms with Crippen LogP contribution in [0.25, 0.3) is 5.57 Å². The molecule has 0 fully saturated rings. The topological polar surface area (TPSA) is 9.23 Å². The summed E-state index contributed by atoms with van der Waals surface area (Å²) in [4.78, 5) is 0. The van der Waals surface area contributed by atoms with E-state index < -0.39 is 0 Å². The van der Waals surface area contributed by atoms with Gasteiger partial charge in [-0.05, 0) is 54.9 Å². The first-order valence-corrected chi connectivity index (χ1v) is 10.8. The lowest BCUT2D eigenvalue weighted by Crippen LogP contribution is -2.05. The van der Waals surface area contributed by atoms with Gasteiger partial charge in [-0.15, -0.1) is 0 Å². The highest BCUT2D eigenvalue weighted by molar-refractivity contribution is 5.66. The molecule has 1 aliphatic rings. The number of unbranched alkanes of at least 4 members (excludes halogenated alkanes) is 6. The second-order valence-electron chi connectivity index (χ2n) is 7.65. The Morgan fingerprint density at radius 2 is 1.60 bits per heavy atom. The second kappa shape index (κ2) is 12.2. The highest BCUT2D eigenvalue weighted by atomic mass is 16.5. The van der Waals surface area contributed by atoms with Gasteiger partial charge in [0.15, 0.2) is 0 Å². The monoisotopic (exact) mass is 342 g/mol. The fraction of sp³-hybridized carbons (Fsp3) is 0.667. The molecule has 0 bridgehead atoms. The lowest BCUT2D eigenvalue weighted by molar-refractivity contribution is 0.306. The van der Waals surface area contributed by atoms with Crippen LogP contribution >= 0.6 is 0 Å². The van der Waals surface area contributed by atoms with Crippen molar-refractivity contribution in [1.82, 2.24) is 0 Å². The van der Waals surface area contributed by atoms with Gasteiger partial charge < -0.3 is 4.74 Å². The summed E-state index contributed by atoms with van der Waals surface area (Å²) in [6.45, 7) is 5.36. The van der Waals surface area contributed by atoms with Crippen LogP contribution < -0.4 is 4.74 Å². The predicted molar refractivity (Wildman–Crippen MR) is 110 cm³/mol. The summed E-state index contributed by atoms with van der Waals surface area (Å²) < 4.78 is 5.82. The SMILES string of the molecule is CCCCCCCC1CC=C(c2ccc(OCCCCC)cc2)CC1. The molecule has 140 valence electrons. The van der Waals surface area contributed by atoms with E-state index in [1.54, 1.807) is 5.57 Å². The molecule has 0 spiro atoms. The zero-order chi connectivity index (χ0) is 17.7. The highest BCUT2D eigenvalue weighted by Gasteiger charge is 2.15. The molecule has 1 atom stereocenters. The van der Waals surface area contributed by atoms with E-state index in [9.17, 15) is 0 Å². The molecule has 25 heavy (non-hydrogen) atoms. The molecule has 0 heterocycles. The molecule has 0 N–H and O–H groups in total. The van der Waals surface area contributed by atoms with Gasteiger partial charge >= 0.3 is 0 Å². The van der Waals surface area contributed by atoms with Crippen molar-refractivity contribution in [1.29, 1.82) is 0 Å². The van der Waals surface area contributed by atoms with Gasteiger partial charge in [-0.2, -0.15) is 0 Å². The van der Waals surface area contributed by atoms with Crippen LogP contribution in [0.1, 0.15) is 96.5 Å². The summed E-state index contributed by atoms with van der Waals surface area (Å²) in [5, 5.41) is 0. The molecular formula is C24H38O. The highest BCUT2D eigenvalue weighted by Crippen LogP contribution is 2.33. The Morgan fingerprint density at radius 3 is 2.28 bits per heavy atom. The average Bonchev–Trinajstić information content (AvgIpc) is 2.66. The Morgan fingerprint density at radius 1 is 0.880 bits per heavy atom. The van der Waals surface area contributed by atoms with E-state index in [1.165, 1.54) is 76.2 Å². The first-order chi connectivity index (χ1) is 12.3. The zero-order valence-corrected chi connectivity index (χ0v) is 16.6. The third-order valence-electron chi connectivity index (χ3n) is 5.48. The van der Waals surface area contributed by atoms with E-state index in [-0.39, 0.29) is 0 Å². The van der Waals surface area contributed by atoms with Crippen molar-refractivity contribution in [3.8, 4) is 5.75 Å². The molecule has 1 aromatic carbocycles. The lowest BCUT2D eigenvalue weighted by Gasteiger charge is -2.22. The summed E-state index contributed by atoms with van der Waals surface area (Å²) in [6, 6.07) is 8.77. The Balaban J connectivity index is 1.71. The smallest absolute Gasteiger partial charge is 0.119 e. The molecule has 1 unspecified atom stereocenters. The Bertz CT molecular complexity index is 485. The molecule has 0 aliphatic heterocycles. The number of benzene rings is 1. The number of ether oxygens (including phenoxy) is 1. The fourth-order valence-electron chi connectivity index (χ4n) is 3.76. The Labute approximate surface area is 155 Å². The molecule has 0 aromatic heterocycles. The first kappa shape index (κ1) is 20.1. The molecule has 1 aliphatic carbocycles. The van der Waals surface area contributed by atoms with Crippen molar-refractivity contribution >= 4 is 5.57 Å². The zero-order valence-electron chi connectivity index (χ0n) is 16.6. The maximum Gasteiger partial charge on any atom is 0.119 e. The van der Waals surface area contributed by atoms with Crippen LogP contribution in [-0.4, -0.2) is 6.61 Å². The summed E-state index contributed by atoms with van der Waals surface area (Å²) in [5.41, 5.74) is 2.93. The number of allylic oxidation sites excluding steroid dienone is 2. The van der Waals surface area contributed by atoms with E-state index in [2.05, 4.69) is 44.2 Å². The van der Waals surface area contributed by atoms with Gasteiger partial charge in [-0.1, -0.05) is 83.4 Å². The molecular weight excluding hydrogens is 304 g/mol. The van der Waals surface area contributed by atoms with Crippen molar-refractivity contribution in [2.75, 3.05) is 6.61 Å². The Kier molecular flexibility index (Phi) is 9.77. The maximum absolute atomic E-state index is 5.82. The van der Waals surface area contributed by atoms with Crippen LogP contribution in [0.3, 0.4) is 0 Å². The van der Waals surface area contributed by atoms with Crippen molar-refractivity contribution in [2.45, 2.75) is 90.9 Å². The average molecular weight is 343 g/mol. The van der Waals surface area contributed by atoms with E-state index in [4.69, 9.17) is 4.74 Å². The van der Waals surface area contributed by atoms with Crippen molar-refractivity contribution in [3.63, 3.8) is 0 Å². The van der Waals surface area contributed by atoms with E-state index in [1.807, 2.05) is 0 Å². The van der Waals surface area contributed by atoms with Crippen molar-refractivity contribution in [3.05, 3.63) is 35.9 Å². The molecule has 1 aromatic rings. The molecule has 1 heteroatoms. The third kappa shape index (κ3) is 7.67. The van der Waals surface area contributed by atoms with Gasteiger partial charge in [0.25, 0.3) is 0 Å². The molecule has 2 rings (SSSR count). The minimum Gasteiger partial charge on any atom is -0.494 e. The van der Waals surface area contributed by atoms with Gasteiger partial charge in [0, 0.05) is 0 Å². The standard InChI is InChI=1S/C24H38O/c1-3-5-7-8-9-11-21-12-14-22(15-13-21)23-16-18-24(19-17-23)25-20-10-6-4-2/h14,16-19,21H,3-13,15,20H2,1-2H3. The fourth-order valence-corrected chi connectivity index (χ4v) is 3.76. The number of rotatable bonds is 12. The maximum atomic E-state index is 5.82. The van der Waals surface area contributed by atoms with Gasteiger partial charge in [0.1, 0.15) is 5.75 Å². The van der Waals surface area contributed by atoms with E-state index in [0.29, 0.717) is 0 Å². The minimum absolute atomic E-state index is 0.843. The summed E-state index contributed by atoms with van der Waals surface area (Å²) in [5.74, 6) is 1.94. The predicted octanol–water partition coefficient (Wildman–Crippen LogP) is 7.80. The van der Waals surface area contributed by atoms with Crippen molar-refractivity contribution < 1.29 is 4.74 Å². The van der Waals surface area contributed by atoms with Crippen LogP contribution in [-0.2, 0) is 0 Å².